The van der Waals surface area contributed by atoms with Crippen molar-refractivity contribution in [1.29, 1.82) is 0 Å². The van der Waals surface area contributed by atoms with E-state index in [0.29, 0.717) is 18.7 Å². The summed E-state index contributed by atoms with van der Waals surface area (Å²) in [7, 11) is 0. The van der Waals surface area contributed by atoms with Gasteiger partial charge in [-0.05, 0) is 36.6 Å². The Morgan fingerprint density at radius 1 is 1.28 bits per heavy atom. The zero-order chi connectivity index (χ0) is 12.8. The first kappa shape index (κ1) is 12.2. The molecule has 2 heterocycles. The fourth-order valence-corrected chi connectivity index (χ4v) is 1.61. The van der Waals surface area contributed by atoms with Crippen LogP contribution < -0.4 is 5.32 Å². The molecule has 4 heteroatoms. The first-order valence-electron chi connectivity index (χ1n) is 5.86. The van der Waals surface area contributed by atoms with Crippen molar-refractivity contribution in [3.63, 3.8) is 0 Å². The van der Waals surface area contributed by atoms with Crippen molar-refractivity contribution in [3.8, 4) is 0 Å². The number of nitrogens with one attached hydrogen (secondary N) is 1. The standard InChI is InChI=1S/C14H15N3O/c1-11-4-2-9-16-14(11)17-13(18)7-6-12-5-3-8-15-10-12/h2-5,8-10H,6-7H2,1H3,(H,16,17,18). The zero-order valence-corrected chi connectivity index (χ0v) is 10.3. The van der Waals surface area contributed by atoms with E-state index in [1.165, 1.54) is 0 Å². The van der Waals surface area contributed by atoms with Crippen LogP contribution in [0.1, 0.15) is 17.5 Å². The topological polar surface area (TPSA) is 54.9 Å². The molecule has 1 amide bonds. The molecule has 0 atom stereocenters. The summed E-state index contributed by atoms with van der Waals surface area (Å²) in [5.74, 6) is 0.606. The molecule has 0 fully saturated rings. The molecule has 0 aliphatic heterocycles. The van der Waals surface area contributed by atoms with Crippen LogP contribution in [0.25, 0.3) is 0 Å². The molecule has 0 bridgehead atoms. The molecule has 0 spiro atoms. The second kappa shape index (κ2) is 5.91. The van der Waals surface area contributed by atoms with Gasteiger partial charge in [-0.25, -0.2) is 4.98 Å². The summed E-state index contributed by atoms with van der Waals surface area (Å²) >= 11 is 0. The number of carbonyl (C=O) groups excluding carboxylic acids is 1. The van der Waals surface area contributed by atoms with Gasteiger partial charge in [0.25, 0.3) is 0 Å². The van der Waals surface area contributed by atoms with Crippen molar-refractivity contribution in [2.45, 2.75) is 19.8 Å². The predicted octanol–water partition coefficient (Wildman–Crippen LogP) is 2.36. The smallest absolute Gasteiger partial charge is 0.225 e. The average molecular weight is 241 g/mol. The number of hydrogen-bond acceptors (Lipinski definition) is 3. The van der Waals surface area contributed by atoms with Gasteiger partial charge in [0.2, 0.25) is 5.91 Å². The van der Waals surface area contributed by atoms with E-state index in [2.05, 4.69) is 15.3 Å². The van der Waals surface area contributed by atoms with Crippen LogP contribution in [-0.4, -0.2) is 15.9 Å². The van der Waals surface area contributed by atoms with Crippen LogP contribution in [0, 0.1) is 6.92 Å². The highest BCUT2D eigenvalue weighted by molar-refractivity contribution is 5.90. The van der Waals surface area contributed by atoms with Crippen molar-refractivity contribution in [3.05, 3.63) is 54.0 Å². The quantitative estimate of drug-likeness (QED) is 0.894. The van der Waals surface area contributed by atoms with Gasteiger partial charge in [-0.15, -0.1) is 0 Å². The van der Waals surface area contributed by atoms with Gasteiger partial charge in [0.05, 0.1) is 0 Å². The van der Waals surface area contributed by atoms with Crippen LogP contribution in [0.5, 0.6) is 0 Å². The second-order valence-electron chi connectivity index (χ2n) is 4.08. The van der Waals surface area contributed by atoms with Crippen LogP contribution in [-0.2, 0) is 11.2 Å². The average Bonchev–Trinajstić information content (AvgIpc) is 2.40. The molecule has 2 aromatic rings. The monoisotopic (exact) mass is 241 g/mol. The van der Waals surface area contributed by atoms with Gasteiger partial charge in [0, 0.05) is 25.0 Å². The minimum Gasteiger partial charge on any atom is -0.310 e. The van der Waals surface area contributed by atoms with E-state index >= 15 is 0 Å². The largest absolute Gasteiger partial charge is 0.310 e. The number of aromatic nitrogens is 2. The summed E-state index contributed by atoms with van der Waals surface area (Å²) in [5.41, 5.74) is 2.03. The number of nitrogens with zero attached hydrogens (tertiary/aromatic N) is 2. The molecule has 92 valence electrons. The summed E-state index contributed by atoms with van der Waals surface area (Å²) in [4.78, 5) is 19.9. The van der Waals surface area contributed by atoms with Crippen molar-refractivity contribution >= 4 is 11.7 Å². The van der Waals surface area contributed by atoms with E-state index in [4.69, 9.17) is 0 Å². The molecule has 0 radical (unpaired) electrons. The Morgan fingerprint density at radius 3 is 2.83 bits per heavy atom. The predicted molar refractivity (Wildman–Crippen MR) is 70.2 cm³/mol. The number of rotatable bonds is 4. The van der Waals surface area contributed by atoms with E-state index in [0.717, 1.165) is 11.1 Å². The number of carbonyl (C=O) groups is 1. The number of amides is 1. The molecule has 0 aromatic carbocycles. The molecule has 4 nitrogen and oxygen atoms in total. The first-order chi connectivity index (χ1) is 8.75. The fraction of sp³-hybridized carbons (Fsp3) is 0.214. The van der Waals surface area contributed by atoms with Gasteiger partial charge in [0.1, 0.15) is 5.82 Å². The van der Waals surface area contributed by atoms with Crippen LogP contribution in [0.4, 0.5) is 5.82 Å². The van der Waals surface area contributed by atoms with Crippen molar-refractivity contribution < 1.29 is 4.79 Å². The van der Waals surface area contributed by atoms with Crippen molar-refractivity contribution in [1.82, 2.24) is 9.97 Å². The Bertz CT molecular complexity index is 526. The minimum absolute atomic E-state index is 0.0272. The molecular weight excluding hydrogens is 226 g/mol. The maximum Gasteiger partial charge on any atom is 0.225 e. The normalized spacial score (nSPS) is 10.1. The molecule has 0 aliphatic rings. The van der Waals surface area contributed by atoms with Crippen LogP contribution in [0.15, 0.2) is 42.9 Å². The molecule has 2 aromatic heterocycles. The Morgan fingerprint density at radius 2 is 2.11 bits per heavy atom. The zero-order valence-electron chi connectivity index (χ0n) is 10.3. The van der Waals surface area contributed by atoms with Gasteiger partial charge in [-0.3, -0.25) is 9.78 Å². The van der Waals surface area contributed by atoms with E-state index in [-0.39, 0.29) is 5.91 Å². The SMILES string of the molecule is Cc1cccnc1NC(=O)CCc1cccnc1. The van der Waals surface area contributed by atoms with Gasteiger partial charge in [-0.2, -0.15) is 0 Å². The second-order valence-corrected chi connectivity index (χ2v) is 4.08. The number of anilines is 1. The first-order valence-corrected chi connectivity index (χ1v) is 5.86. The molecule has 18 heavy (non-hydrogen) atoms. The minimum atomic E-state index is -0.0272. The van der Waals surface area contributed by atoms with E-state index in [1.807, 2.05) is 31.2 Å². The summed E-state index contributed by atoms with van der Waals surface area (Å²) in [5, 5.41) is 2.81. The highest BCUT2D eigenvalue weighted by Crippen LogP contribution is 2.10. The summed E-state index contributed by atoms with van der Waals surface area (Å²) in [6, 6.07) is 7.60. The van der Waals surface area contributed by atoms with Gasteiger partial charge in [0.15, 0.2) is 0 Å². The lowest BCUT2D eigenvalue weighted by Crippen LogP contribution is -2.14. The fourth-order valence-electron chi connectivity index (χ4n) is 1.61. The lowest BCUT2D eigenvalue weighted by Gasteiger charge is -2.06. The van der Waals surface area contributed by atoms with Gasteiger partial charge >= 0.3 is 0 Å². The molecular formula is C14H15N3O. The van der Waals surface area contributed by atoms with E-state index < -0.39 is 0 Å². The summed E-state index contributed by atoms with van der Waals surface area (Å²) in [6.07, 6.45) is 6.29. The lowest BCUT2D eigenvalue weighted by molar-refractivity contribution is -0.116. The van der Waals surface area contributed by atoms with Crippen molar-refractivity contribution in [2.75, 3.05) is 5.32 Å². The Kier molecular flexibility index (Phi) is 4.02. The molecule has 0 saturated carbocycles. The molecule has 0 saturated heterocycles. The number of aryl methyl sites for hydroxylation is 2. The molecule has 0 unspecified atom stereocenters. The van der Waals surface area contributed by atoms with E-state index in [9.17, 15) is 4.79 Å². The van der Waals surface area contributed by atoms with Crippen LogP contribution in [0.3, 0.4) is 0 Å². The Balaban J connectivity index is 1.88. The van der Waals surface area contributed by atoms with Crippen LogP contribution in [0.2, 0.25) is 0 Å². The molecule has 1 N–H and O–H groups in total. The highest BCUT2D eigenvalue weighted by atomic mass is 16.1. The molecule has 2 rings (SSSR count). The Labute approximate surface area is 106 Å². The maximum atomic E-state index is 11.8. The lowest BCUT2D eigenvalue weighted by atomic mass is 10.1. The number of pyridine rings is 2. The summed E-state index contributed by atoms with van der Waals surface area (Å²) < 4.78 is 0. The van der Waals surface area contributed by atoms with Crippen molar-refractivity contribution in [2.24, 2.45) is 0 Å². The third-order valence-corrected chi connectivity index (χ3v) is 2.63. The van der Waals surface area contributed by atoms with Gasteiger partial charge < -0.3 is 5.32 Å². The summed E-state index contributed by atoms with van der Waals surface area (Å²) in [6.45, 7) is 1.92. The maximum absolute atomic E-state index is 11.8. The van der Waals surface area contributed by atoms with E-state index in [1.54, 1.807) is 18.6 Å². The highest BCUT2D eigenvalue weighted by Gasteiger charge is 2.05. The Hall–Kier alpha value is -2.23. The third-order valence-electron chi connectivity index (χ3n) is 2.63. The van der Waals surface area contributed by atoms with Crippen LogP contribution >= 0.6 is 0 Å². The number of hydrogen-bond donors (Lipinski definition) is 1. The van der Waals surface area contributed by atoms with Gasteiger partial charge in [-0.1, -0.05) is 12.1 Å². The molecule has 0 aliphatic carbocycles. The third kappa shape index (κ3) is 3.38.